The van der Waals surface area contributed by atoms with Crippen LogP contribution in [0.2, 0.25) is 0 Å². The van der Waals surface area contributed by atoms with Gasteiger partial charge < -0.3 is 19.2 Å². The Hall–Kier alpha value is -2.47. The third kappa shape index (κ3) is 4.68. The van der Waals surface area contributed by atoms with Gasteiger partial charge in [0.15, 0.2) is 11.5 Å². The van der Waals surface area contributed by atoms with Crippen LogP contribution in [0.3, 0.4) is 0 Å². The van der Waals surface area contributed by atoms with Crippen LogP contribution in [0.5, 0.6) is 11.5 Å². The zero-order valence-electron chi connectivity index (χ0n) is 16.2. The van der Waals surface area contributed by atoms with Gasteiger partial charge in [-0.2, -0.15) is 0 Å². The lowest BCUT2D eigenvalue weighted by Crippen LogP contribution is -2.39. The molecule has 4 rings (SSSR count). The van der Waals surface area contributed by atoms with E-state index >= 15 is 0 Å². The van der Waals surface area contributed by atoms with E-state index in [1.807, 2.05) is 30.3 Å². The van der Waals surface area contributed by atoms with Crippen molar-refractivity contribution >= 4 is 5.91 Å². The molecule has 0 saturated carbocycles. The molecule has 1 unspecified atom stereocenters. The summed E-state index contributed by atoms with van der Waals surface area (Å²) in [5, 5.41) is 3.10. The number of amides is 1. The Morgan fingerprint density at radius 3 is 2.57 bits per heavy atom. The summed E-state index contributed by atoms with van der Waals surface area (Å²) < 4.78 is 16.8. The van der Waals surface area contributed by atoms with E-state index in [0.717, 1.165) is 35.9 Å². The molecule has 0 bridgehead atoms. The Kier molecular flexibility index (Phi) is 6.17. The first-order valence-electron chi connectivity index (χ1n) is 10.2. The van der Waals surface area contributed by atoms with Gasteiger partial charge in [-0.3, -0.25) is 9.69 Å². The number of benzene rings is 1. The SMILES string of the molecule is O=C(Cc1ccc2c(c1)OCCO2)NCC(c1ccco1)N1CCCCCC1. The Morgan fingerprint density at radius 2 is 1.82 bits per heavy atom. The number of furan rings is 1. The fourth-order valence-electron chi connectivity index (χ4n) is 3.95. The Labute approximate surface area is 165 Å². The van der Waals surface area contributed by atoms with Crippen molar-refractivity contribution in [2.24, 2.45) is 0 Å². The van der Waals surface area contributed by atoms with Gasteiger partial charge in [-0.1, -0.05) is 18.9 Å². The molecule has 0 aliphatic carbocycles. The number of carbonyl (C=O) groups is 1. The number of ether oxygens (including phenoxy) is 2. The predicted molar refractivity (Wildman–Crippen MR) is 106 cm³/mol. The second-order valence-corrected chi connectivity index (χ2v) is 7.44. The molecule has 2 aromatic rings. The van der Waals surface area contributed by atoms with E-state index in [-0.39, 0.29) is 11.9 Å². The Morgan fingerprint density at radius 1 is 1.04 bits per heavy atom. The lowest BCUT2D eigenvalue weighted by Gasteiger charge is -2.29. The van der Waals surface area contributed by atoms with Crippen LogP contribution in [0.1, 0.15) is 43.0 Å². The van der Waals surface area contributed by atoms with Gasteiger partial charge in [0, 0.05) is 6.54 Å². The van der Waals surface area contributed by atoms with E-state index in [1.54, 1.807) is 6.26 Å². The average molecular weight is 384 g/mol. The van der Waals surface area contributed by atoms with E-state index in [1.165, 1.54) is 25.7 Å². The number of hydrogen-bond donors (Lipinski definition) is 1. The van der Waals surface area contributed by atoms with Crippen LogP contribution >= 0.6 is 0 Å². The molecule has 150 valence electrons. The number of rotatable bonds is 6. The highest BCUT2D eigenvalue weighted by Gasteiger charge is 2.24. The zero-order chi connectivity index (χ0) is 19.2. The monoisotopic (exact) mass is 384 g/mol. The molecule has 6 nitrogen and oxygen atoms in total. The van der Waals surface area contributed by atoms with Crippen molar-refractivity contribution in [3.05, 3.63) is 47.9 Å². The first kappa shape index (κ1) is 18.9. The fourth-order valence-corrected chi connectivity index (χ4v) is 3.95. The molecular weight excluding hydrogens is 356 g/mol. The van der Waals surface area contributed by atoms with Crippen molar-refractivity contribution < 1.29 is 18.7 Å². The highest BCUT2D eigenvalue weighted by atomic mass is 16.6. The largest absolute Gasteiger partial charge is 0.486 e. The molecule has 6 heteroatoms. The number of carbonyl (C=O) groups excluding carboxylic acids is 1. The van der Waals surface area contributed by atoms with Crippen molar-refractivity contribution in [1.82, 2.24) is 10.2 Å². The highest BCUT2D eigenvalue weighted by molar-refractivity contribution is 5.78. The van der Waals surface area contributed by atoms with E-state index in [0.29, 0.717) is 26.2 Å². The van der Waals surface area contributed by atoms with Crippen LogP contribution in [0.15, 0.2) is 41.0 Å². The summed E-state index contributed by atoms with van der Waals surface area (Å²) in [5.41, 5.74) is 0.922. The third-order valence-electron chi connectivity index (χ3n) is 5.42. The second kappa shape index (κ2) is 9.15. The predicted octanol–water partition coefficient (Wildman–Crippen LogP) is 3.33. The van der Waals surface area contributed by atoms with E-state index < -0.39 is 0 Å². The van der Waals surface area contributed by atoms with Crippen LogP contribution in [0, 0.1) is 0 Å². The van der Waals surface area contributed by atoms with Crippen molar-refractivity contribution in [3.8, 4) is 11.5 Å². The summed E-state index contributed by atoms with van der Waals surface area (Å²) in [7, 11) is 0. The summed E-state index contributed by atoms with van der Waals surface area (Å²) in [4.78, 5) is 15.0. The molecule has 1 fully saturated rings. The topological polar surface area (TPSA) is 63.9 Å². The Bertz CT molecular complexity index is 767. The van der Waals surface area contributed by atoms with Crippen LogP contribution < -0.4 is 14.8 Å². The van der Waals surface area contributed by atoms with Gasteiger partial charge in [0.05, 0.1) is 18.7 Å². The minimum Gasteiger partial charge on any atom is -0.486 e. The molecule has 0 spiro atoms. The highest BCUT2D eigenvalue weighted by Crippen LogP contribution is 2.31. The minimum atomic E-state index is 0.00283. The first-order valence-corrected chi connectivity index (χ1v) is 10.2. The zero-order valence-corrected chi connectivity index (χ0v) is 16.2. The van der Waals surface area contributed by atoms with Crippen molar-refractivity contribution in [3.63, 3.8) is 0 Å². The van der Waals surface area contributed by atoms with Crippen LogP contribution in [-0.4, -0.2) is 43.7 Å². The number of fused-ring (bicyclic) bond motifs is 1. The molecule has 1 aromatic carbocycles. The smallest absolute Gasteiger partial charge is 0.224 e. The molecule has 28 heavy (non-hydrogen) atoms. The van der Waals surface area contributed by atoms with Crippen molar-refractivity contribution in [2.75, 3.05) is 32.8 Å². The lowest BCUT2D eigenvalue weighted by molar-refractivity contribution is -0.120. The summed E-state index contributed by atoms with van der Waals surface area (Å²) in [6.07, 6.45) is 6.97. The van der Waals surface area contributed by atoms with Gasteiger partial charge in [-0.05, 0) is 55.8 Å². The number of hydrogen-bond acceptors (Lipinski definition) is 5. The summed E-state index contributed by atoms with van der Waals surface area (Å²) >= 11 is 0. The van der Waals surface area contributed by atoms with Crippen LogP contribution in [-0.2, 0) is 11.2 Å². The third-order valence-corrected chi connectivity index (χ3v) is 5.42. The fraction of sp³-hybridized carbons (Fsp3) is 0.500. The summed E-state index contributed by atoms with van der Waals surface area (Å²) in [6.45, 7) is 3.75. The van der Waals surface area contributed by atoms with Crippen molar-refractivity contribution in [2.45, 2.75) is 38.1 Å². The molecule has 1 saturated heterocycles. The molecule has 2 aliphatic heterocycles. The van der Waals surface area contributed by atoms with E-state index in [2.05, 4.69) is 10.2 Å². The maximum absolute atomic E-state index is 12.6. The van der Waals surface area contributed by atoms with E-state index in [9.17, 15) is 4.79 Å². The average Bonchev–Trinajstić information content (AvgIpc) is 3.11. The quantitative estimate of drug-likeness (QED) is 0.828. The molecule has 0 radical (unpaired) electrons. The molecule has 1 aromatic heterocycles. The van der Waals surface area contributed by atoms with Gasteiger partial charge in [-0.25, -0.2) is 0 Å². The first-order chi connectivity index (χ1) is 13.8. The van der Waals surface area contributed by atoms with Gasteiger partial charge in [0.1, 0.15) is 19.0 Å². The number of nitrogens with one attached hydrogen (secondary N) is 1. The van der Waals surface area contributed by atoms with Crippen LogP contribution in [0.4, 0.5) is 0 Å². The van der Waals surface area contributed by atoms with Gasteiger partial charge in [0.25, 0.3) is 0 Å². The number of likely N-dealkylation sites (tertiary alicyclic amines) is 1. The van der Waals surface area contributed by atoms with Gasteiger partial charge >= 0.3 is 0 Å². The molecule has 1 atom stereocenters. The normalized spacial score (nSPS) is 18.3. The maximum atomic E-state index is 12.6. The molecular formula is C22H28N2O4. The second-order valence-electron chi connectivity index (χ2n) is 7.44. The summed E-state index contributed by atoms with van der Waals surface area (Å²) in [6, 6.07) is 9.69. The van der Waals surface area contributed by atoms with Crippen LogP contribution in [0.25, 0.3) is 0 Å². The minimum absolute atomic E-state index is 0.00283. The van der Waals surface area contributed by atoms with Gasteiger partial charge in [0.2, 0.25) is 5.91 Å². The lowest BCUT2D eigenvalue weighted by atomic mass is 10.1. The molecule has 2 aliphatic rings. The van der Waals surface area contributed by atoms with Gasteiger partial charge in [-0.15, -0.1) is 0 Å². The molecule has 3 heterocycles. The standard InChI is InChI=1S/C22H28N2O4/c25-22(15-17-7-8-20-21(14-17)28-13-12-27-20)23-16-18(19-6-5-11-26-19)24-9-3-1-2-4-10-24/h5-8,11,14,18H,1-4,9-10,12-13,15-16H2,(H,23,25). The maximum Gasteiger partial charge on any atom is 0.224 e. The number of nitrogens with zero attached hydrogens (tertiary/aromatic N) is 1. The molecule has 1 N–H and O–H groups in total. The van der Waals surface area contributed by atoms with Crippen molar-refractivity contribution in [1.29, 1.82) is 0 Å². The molecule has 1 amide bonds. The van der Waals surface area contributed by atoms with E-state index in [4.69, 9.17) is 13.9 Å². The Balaban J connectivity index is 1.37. The summed E-state index contributed by atoms with van der Waals surface area (Å²) in [5.74, 6) is 2.38.